The van der Waals surface area contributed by atoms with Crippen LogP contribution < -0.4 is 5.73 Å². The maximum Gasteiger partial charge on any atom is 0.162 e. The van der Waals surface area contributed by atoms with Crippen molar-refractivity contribution in [2.75, 3.05) is 27.4 Å². The average Bonchev–Trinajstić information content (AvgIpc) is 2.00. The Hall–Kier alpha value is -0.160. The van der Waals surface area contributed by atoms with Crippen molar-refractivity contribution in [3.05, 3.63) is 0 Å². The highest BCUT2D eigenvalue weighted by Gasteiger charge is 2.17. The van der Waals surface area contributed by atoms with Gasteiger partial charge in [0.25, 0.3) is 0 Å². The molecule has 0 aliphatic heterocycles. The lowest BCUT2D eigenvalue weighted by atomic mass is 10.1. The van der Waals surface area contributed by atoms with Gasteiger partial charge in [0.15, 0.2) is 6.29 Å². The number of nitrogens with two attached hydrogens (primary N) is 1. The second kappa shape index (κ2) is 5.61. The Morgan fingerprint density at radius 2 is 1.90 bits per heavy atom. The average molecular weight is 149 g/mol. The molecule has 0 bridgehead atoms. The van der Waals surface area contributed by atoms with E-state index in [9.17, 15) is 0 Å². The topological polar surface area (TPSA) is 64.7 Å². The molecule has 0 aromatic carbocycles. The molecule has 0 rings (SSSR count). The molecule has 62 valence electrons. The molecule has 0 radical (unpaired) electrons. The maximum absolute atomic E-state index is 8.72. The lowest BCUT2D eigenvalue weighted by Crippen LogP contribution is -2.33. The monoisotopic (exact) mass is 149 g/mol. The minimum atomic E-state index is -0.394. The van der Waals surface area contributed by atoms with Gasteiger partial charge in [-0.25, -0.2) is 0 Å². The number of aliphatic hydroxyl groups excluding tert-OH is 1. The zero-order valence-corrected chi connectivity index (χ0v) is 6.41. The normalized spacial score (nSPS) is 14.1. The van der Waals surface area contributed by atoms with E-state index in [0.717, 1.165) is 0 Å². The van der Waals surface area contributed by atoms with Crippen molar-refractivity contribution in [2.45, 2.75) is 6.29 Å². The summed E-state index contributed by atoms with van der Waals surface area (Å²) in [6, 6.07) is 0. The molecule has 0 fully saturated rings. The van der Waals surface area contributed by atoms with Crippen molar-refractivity contribution in [3.63, 3.8) is 0 Å². The molecule has 0 aliphatic carbocycles. The lowest BCUT2D eigenvalue weighted by molar-refractivity contribution is -0.143. The predicted molar refractivity (Wildman–Crippen MR) is 37.4 cm³/mol. The van der Waals surface area contributed by atoms with Crippen molar-refractivity contribution >= 4 is 0 Å². The summed E-state index contributed by atoms with van der Waals surface area (Å²) in [4.78, 5) is 0. The van der Waals surface area contributed by atoms with Gasteiger partial charge in [0.05, 0.1) is 6.61 Å². The quantitative estimate of drug-likeness (QED) is 0.501. The number of ether oxygens (including phenoxy) is 2. The highest BCUT2D eigenvalue weighted by atomic mass is 16.7. The van der Waals surface area contributed by atoms with E-state index in [1.165, 1.54) is 14.2 Å². The second-order valence-electron chi connectivity index (χ2n) is 2.02. The summed E-state index contributed by atoms with van der Waals surface area (Å²) in [5.41, 5.74) is 5.32. The number of hydrogen-bond donors (Lipinski definition) is 2. The molecule has 0 aliphatic rings. The molecule has 4 nitrogen and oxygen atoms in total. The smallest absolute Gasteiger partial charge is 0.162 e. The molecule has 0 saturated heterocycles. The zero-order chi connectivity index (χ0) is 7.98. The summed E-state index contributed by atoms with van der Waals surface area (Å²) in [6.07, 6.45) is -0.394. The van der Waals surface area contributed by atoms with Crippen LogP contribution in [-0.2, 0) is 9.47 Å². The standard InChI is InChI=1S/C6H15NO3/c1-9-6(10-2)5(3-7)4-8/h5-6,8H,3-4,7H2,1-2H3. The minimum absolute atomic E-state index is 0.0111. The summed E-state index contributed by atoms with van der Waals surface area (Å²) in [5, 5.41) is 8.72. The first kappa shape index (κ1) is 9.84. The lowest BCUT2D eigenvalue weighted by Gasteiger charge is -2.20. The van der Waals surface area contributed by atoms with E-state index in [1.54, 1.807) is 0 Å². The van der Waals surface area contributed by atoms with Crippen molar-refractivity contribution in [2.24, 2.45) is 11.7 Å². The van der Waals surface area contributed by atoms with E-state index in [0.29, 0.717) is 6.54 Å². The first-order valence-corrected chi connectivity index (χ1v) is 3.16. The van der Waals surface area contributed by atoms with E-state index in [4.69, 9.17) is 20.3 Å². The Kier molecular flexibility index (Phi) is 5.52. The van der Waals surface area contributed by atoms with Crippen LogP contribution in [0, 0.1) is 5.92 Å². The third-order valence-corrected chi connectivity index (χ3v) is 1.39. The van der Waals surface area contributed by atoms with Crippen molar-refractivity contribution in [3.8, 4) is 0 Å². The van der Waals surface area contributed by atoms with Gasteiger partial charge in [-0.15, -0.1) is 0 Å². The van der Waals surface area contributed by atoms with Gasteiger partial charge in [-0.1, -0.05) is 0 Å². The van der Waals surface area contributed by atoms with Gasteiger partial charge in [0, 0.05) is 26.7 Å². The van der Waals surface area contributed by atoms with E-state index in [-0.39, 0.29) is 12.5 Å². The molecule has 1 unspecified atom stereocenters. The fraction of sp³-hybridized carbons (Fsp3) is 1.00. The van der Waals surface area contributed by atoms with E-state index < -0.39 is 6.29 Å². The van der Waals surface area contributed by atoms with Gasteiger partial charge in [-0.2, -0.15) is 0 Å². The fourth-order valence-electron chi connectivity index (χ4n) is 0.753. The Morgan fingerprint density at radius 1 is 1.40 bits per heavy atom. The molecule has 0 aromatic heterocycles. The van der Waals surface area contributed by atoms with Crippen LogP contribution >= 0.6 is 0 Å². The minimum Gasteiger partial charge on any atom is -0.396 e. The highest BCUT2D eigenvalue weighted by molar-refractivity contribution is 4.61. The molecule has 0 spiro atoms. The van der Waals surface area contributed by atoms with Gasteiger partial charge in [-0.3, -0.25) is 0 Å². The van der Waals surface area contributed by atoms with Gasteiger partial charge >= 0.3 is 0 Å². The largest absolute Gasteiger partial charge is 0.396 e. The van der Waals surface area contributed by atoms with E-state index >= 15 is 0 Å². The van der Waals surface area contributed by atoms with E-state index in [2.05, 4.69) is 0 Å². The maximum atomic E-state index is 8.72. The van der Waals surface area contributed by atoms with Crippen molar-refractivity contribution in [1.29, 1.82) is 0 Å². The molecule has 0 aromatic rings. The van der Waals surface area contributed by atoms with Crippen LogP contribution in [0.1, 0.15) is 0 Å². The number of methoxy groups -OCH3 is 2. The summed E-state index contributed by atoms with van der Waals surface area (Å²) in [5.74, 6) is -0.130. The second-order valence-corrected chi connectivity index (χ2v) is 2.02. The van der Waals surface area contributed by atoms with Crippen molar-refractivity contribution < 1.29 is 14.6 Å². The van der Waals surface area contributed by atoms with Gasteiger partial charge < -0.3 is 20.3 Å². The fourth-order valence-corrected chi connectivity index (χ4v) is 0.753. The first-order valence-electron chi connectivity index (χ1n) is 3.16. The molecule has 1 atom stereocenters. The van der Waals surface area contributed by atoms with Crippen LogP contribution in [0.2, 0.25) is 0 Å². The van der Waals surface area contributed by atoms with Gasteiger partial charge in [-0.05, 0) is 0 Å². The third kappa shape index (κ3) is 2.62. The molecule has 0 amide bonds. The van der Waals surface area contributed by atoms with Gasteiger partial charge in [0.2, 0.25) is 0 Å². The van der Waals surface area contributed by atoms with Crippen LogP contribution in [0.5, 0.6) is 0 Å². The molecule has 10 heavy (non-hydrogen) atoms. The van der Waals surface area contributed by atoms with Crippen LogP contribution in [0.25, 0.3) is 0 Å². The third-order valence-electron chi connectivity index (χ3n) is 1.39. The number of hydrogen-bond acceptors (Lipinski definition) is 4. The Balaban J connectivity index is 3.70. The predicted octanol–water partition coefficient (Wildman–Crippen LogP) is -0.827. The zero-order valence-electron chi connectivity index (χ0n) is 6.41. The Morgan fingerprint density at radius 3 is 2.00 bits per heavy atom. The molecule has 0 heterocycles. The Bertz CT molecular complexity index is 61.4. The summed E-state index contributed by atoms with van der Waals surface area (Å²) >= 11 is 0. The molecule has 4 heteroatoms. The SMILES string of the molecule is COC(OC)C(CN)CO. The number of rotatable bonds is 5. The molecular formula is C6H15NO3. The number of aliphatic hydroxyl groups is 1. The van der Waals surface area contributed by atoms with Gasteiger partial charge in [0.1, 0.15) is 0 Å². The molecule has 3 N–H and O–H groups in total. The first-order chi connectivity index (χ1) is 4.79. The summed E-state index contributed by atoms with van der Waals surface area (Å²) in [6.45, 7) is 0.353. The van der Waals surface area contributed by atoms with Crippen LogP contribution in [0.3, 0.4) is 0 Å². The van der Waals surface area contributed by atoms with E-state index in [1.807, 2.05) is 0 Å². The van der Waals surface area contributed by atoms with Crippen LogP contribution in [-0.4, -0.2) is 38.8 Å². The summed E-state index contributed by atoms with van der Waals surface area (Å²) in [7, 11) is 3.04. The molecular weight excluding hydrogens is 134 g/mol. The highest BCUT2D eigenvalue weighted by Crippen LogP contribution is 2.04. The van der Waals surface area contributed by atoms with Crippen molar-refractivity contribution in [1.82, 2.24) is 0 Å². The summed E-state index contributed by atoms with van der Waals surface area (Å²) < 4.78 is 9.76. The Labute approximate surface area is 60.9 Å². The molecule has 0 saturated carbocycles. The van der Waals surface area contributed by atoms with Crippen LogP contribution in [0.4, 0.5) is 0 Å². The van der Waals surface area contributed by atoms with Crippen LogP contribution in [0.15, 0.2) is 0 Å².